The first-order valence-corrected chi connectivity index (χ1v) is 11.8. The number of nitrogens with one attached hydrogen (secondary N) is 1. The summed E-state index contributed by atoms with van der Waals surface area (Å²) in [5.74, 6) is 0.466. The fraction of sp³-hybridized carbons (Fsp3) is 0.250. The summed E-state index contributed by atoms with van der Waals surface area (Å²) in [6.07, 6.45) is -2.62. The largest absolute Gasteiger partial charge is 0.455 e. The zero-order valence-corrected chi connectivity index (χ0v) is 21.0. The third kappa shape index (κ3) is 4.45. The topological polar surface area (TPSA) is 73.0 Å². The molecule has 0 radical (unpaired) electrons. The average Bonchev–Trinajstić information content (AvgIpc) is 3.21. The molecular formula is C28H25F3N4O2. The van der Waals surface area contributed by atoms with E-state index in [0.717, 1.165) is 33.7 Å². The molecule has 0 aliphatic rings. The molecule has 3 heterocycles. The van der Waals surface area contributed by atoms with E-state index in [-0.39, 0.29) is 17.2 Å². The molecule has 0 saturated carbocycles. The van der Waals surface area contributed by atoms with Gasteiger partial charge in [0.1, 0.15) is 17.0 Å². The van der Waals surface area contributed by atoms with Crippen molar-refractivity contribution in [2.24, 2.45) is 7.05 Å². The van der Waals surface area contributed by atoms with Crippen molar-refractivity contribution in [3.8, 4) is 11.3 Å². The Hall–Kier alpha value is -4.14. The van der Waals surface area contributed by atoms with Gasteiger partial charge in [-0.15, -0.1) is 0 Å². The number of nitrogens with zero attached hydrogens (tertiary/aromatic N) is 3. The minimum atomic E-state index is -4.52. The lowest BCUT2D eigenvalue weighted by Crippen LogP contribution is -2.14. The minimum Gasteiger partial charge on any atom is -0.455 e. The van der Waals surface area contributed by atoms with E-state index in [4.69, 9.17) is 4.42 Å². The summed E-state index contributed by atoms with van der Waals surface area (Å²) in [7, 11) is 1.85. The summed E-state index contributed by atoms with van der Waals surface area (Å²) in [4.78, 5) is 17.2. The Morgan fingerprint density at radius 1 is 1.05 bits per heavy atom. The molecule has 1 N–H and O–H groups in total. The first-order valence-electron chi connectivity index (χ1n) is 11.8. The summed E-state index contributed by atoms with van der Waals surface area (Å²) in [6.45, 7) is 7.02. The summed E-state index contributed by atoms with van der Waals surface area (Å²) in [5, 5.41) is 9.02. The van der Waals surface area contributed by atoms with Crippen molar-refractivity contribution in [3.63, 3.8) is 0 Å². The normalized spacial score (nSPS) is 12.9. The molecule has 3 aromatic heterocycles. The smallest absolute Gasteiger partial charge is 0.433 e. The minimum absolute atomic E-state index is 0.132. The van der Waals surface area contributed by atoms with Crippen molar-refractivity contribution < 1.29 is 17.6 Å². The number of hydrogen-bond donors (Lipinski definition) is 1. The molecular weight excluding hydrogens is 481 g/mol. The number of pyridine rings is 1. The number of aryl methyl sites for hydroxylation is 3. The maximum atomic E-state index is 13.4. The van der Waals surface area contributed by atoms with Gasteiger partial charge in [0.25, 0.3) is 0 Å². The van der Waals surface area contributed by atoms with Crippen LogP contribution in [0.25, 0.3) is 33.2 Å². The fourth-order valence-electron chi connectivity index (χ4n) is 4.64. The van der Waals surface area contributed by atoms with Gasteiger partial charge in [-0.3, -0.25) is 9.48 Å². The molecule has 0 unspecified atom stereocenters. The lowest BCUT2D eigenvalue weighted by atomic mass is 9.98. The molecule has 0 aliphatic carbocycles. The van der Waals surface area contributed by atoms with Gasteiger partial charge in [0.05, 0.1) is 28.3 Å². The van der Waals surface area contributed by atoms with Crippen molar-refractivity contribution in [3.05, 3.63) is 87.0 Å². The monoisotopic (exact) mass is 506 g/mol. The second-order valence-electron chi connectivity index (χ2n) is 9.39. The lowest BCUT2D eigenvalue weighted by Gasteiger charge is -2.20. The van der Waals surface area contributed by atoms with Gasteiger partial charge in [-0.25, -0.2) is 4.98 Å². The van der Waals surface area contributed by atoms with Crippen molar-refractivity contribution in [1.29, 1.82) is 0 Å². The van der Waals surface area contributed by atoms with Gasteiger partial charge in [-0.2, -0.15) is 18.3 Å². The molecule has 37 heavy (non-hydrogen) atoms. The maximum absolute atomic E-state index is 13.4. The molecule has 0 aliphatic heterocycles. The molecule has 0 amide bonds. The highest BCUT2D eigenvalue weighted by Gasteiger charge is 2.32. The zero-order chi connectivity index (χ0) is 26.6. The van der Waals surface area contributed by atoms with Crippen LogP contribution in [-0.4, -0.2) is 14.8 Å². The van der Waals surface area contributed by atoms with Gasteiger partial charge in [0.15, 0.2) is 5.43 Å². The van der Waals surface area contributed by atoms with Crippen LogP contribution in [0.3, 0.4) is 0 Å². The van der Waals surface area contributed by atoms with E-state index in [1.807, 2.05) is 51.4 Å². The summed E-state index contributed by atoms with van der Waals surface area (Å²) >= 11 is 0. The van der Waals surface area contributed by atoms with Crippen LogP contribution in [0.15, 0.2) is 57.9 Å². The van der Waals surface area contributed by atoms with E-state index in [1.54, 1.807) is 17.7 Å². The van der Waals surface area contributed by atoms with Crippen molar-refractivity contribution >= 4 is 27.6 Å². The van der Waals surface area contributed by atoms with Crippen LogP contribution in [0.1, 0.15) is 41.0 Å². The Kier molecular flexibility index (Phi) is 5.81. The van der Waals surface area contributed by atoms with Gasteiger partial charge in [-0.1, -0.05) is 6.07 Å². The highest BCUT2D eigenvalue weighted by molar-refractivity contribution is 5.87. The van der Waals surface area contributed by atoms with Gasteiger partial charge >= 0.3 is 6.18 Å². The van der Waals surface area contributed by atoms with Crippen LogP contribution in [0.5, 0.6) is 0 Å². The molecule has 190 valence electrons. The van der Waals surface area contributed by atoms with Crippen LogP contribution in [-0.2, 0) is 13.2 Å². The molecule has 0 fully saturated rings. The predicted molar refractivity (Wildman–Crippen MR) is 138 cm³/mol. The first kappa shape index (κ1) is 24.5. The molecule has 0 spiro atoms. The second-order valence-corrected chi connectivity index (χ2v) is 9.39. The van der Waals surface area contributed by atoms with Crippen molar-refractivity contribution in [2.75, 3.05) is 5.32 Å². The number of fused-ring (bicyclic) bond motifs is 2. The van der Waals surface area contributed by atoms with Crippen LogP contribution in [0, 0.1) is 20.8 Å². The van der Waals surface area contributed by atoms with E-state index in [1.165, 1.54) is 13.0 Å². The number of alkyl halides is 3. The quantitative estimate of drug-likeness (QED) is 0.288. The Morgan fingerprint density at radius 3 is 2.51 bits per heavy atom. The number of rotatable bonds is 4. The lowest BCUT2D eigenvalue weighted by molar-refractivity contribution is -0.141. The zero-order valence-electron chi connectivity index (χ0n) is 21.0. The van der Waals surface area contributed by atoms with Crippen molar-refractivity contribution in [2.45, 2.75) is 39.9 Å². The van der Waals surface area contributed by atoms with E-state index >= 15 is 0 Å². The van der Waals surface area contributed by atoms with Crippen LogP contribution in [0.4, 0.5) is 18.9 Å². The third-order valence-electron chi connectivity index (χ3n) is 6.49. The highest BCUT2D eigenvalue weighted by atomic mass is 19.4. The SMILES string of the molecule is Cc1cc([C@@H](C)Nc2ccc(C(F)(F)F)nc2C)c2oc(-c3ccc4nn(C)cc4c3)c(C)c(=O)c2c1. The van der Waals surface area contributed by atoms with Gasteiger partial charge < -0.3 is 9.73 Å². The van der Waals surface area contributed by atoms with Crippen LogP contribution < -0.4 is 10.7 Å². The van der Waals surface area contributed by atoms with E-state index in [0.29, 0.717) is 28.0 Å². The third-order valence-corrected chi connectivity index (χ3v) is 6.49. The molecule has 0 saturated heterocycles. The van der Waals surface area contributed by atoms with Crippen molar-refractivity contribution in [1.82, 2.24) is 14.8 Å². The van der Waals surface area contributed by atoms with E-state index in [2.05, 4.69) is 15.4 Å². The summed E-state index contributed by atoms with van der Waals surface area (Å²) < 4.78 is 47.3. The van der Waals surface area contributed by atoms with E-state index in [9.17, 15) is 18.0 Å². The summed E-state index contributed by atoms with van der Waals surface area (Å²) in [6, 6.07) is 11.3. The van der Waals surface area contributed by atoms with Gasteiger partial charge in [0, 0.05) is 35.3 Å². The number of hydrogen-bond acceptors (Lipinski definition) is 5. The molecule has 0 bridgehead atoms. The number of anilines is 1. The van der Waals surface area contributed by atoms with Crippen LogP contribution in [0.2, 0.25) is 0 Å². The number of aromatic nitrogens is 3. The Bertz CT molecular complexity index is 1730. The Morgan fingerprint density at radius 2 is 1.81 bits per heavy atom. The predicted octanol–water partition coefficient (Wildman–Crippen LogP) is 6.86. The number of benzene rings is 2. The standard InChI is InChI=1S/C28H25F3N4O2/c1-14-10-20(16(3)32-22-8-9-24(28(29,30)31)33-17(22)4)27-21(11-14)25(36)15(2)26(37-27)18-6-7-23-19(12-18)13-35(5)34-23/h6-13,16,32H,1-5H3/t16-/m1/s1. The van der Waals surface area contributed by atoms with Crippen LogP contribution >= 0.6 is 0 Å². The molecule has 5 rings (SSSR count). The highest BCUT2D eigenvalue weighted by Crippen LogP contribution is 2.34. The molecule has 1 atom stereocenters. The average molecular weight is 507 g/mol. The molecule has 9 heteroatoms. The number of halogens is 3. The fourth-order valence-corrected chi connectivity index (χ4v) is 4.64. The Balaban J connectivity index is 1.62. The Labute approximate surface area is 210 Å². The van der Waals surface area contributed by atoms with E-state index < -0.39 is 11.9 Å². The maximum Gasteiger partial charge on any atom is 0.433 e. The molecule has 2 aromatic carbocycles. The molecule has 5 aromatic rings. The molecule has 6 nitrogen and oxygen atoms in total. The second kappa shape index (κ2) is 8.76. The van der Waals surface area contributed by atoms with Gasteiger partial charge in [0.2, 0.25) is 0 Å². The summed E-state index contributed by atoms with van der Waals surface area (Å²) in [5.41, 5.74) is 3.72. The van der Waals surface area contributed by atoms with Gasteiger partial charge in [-0.05, 0) is 69.7 Å². The first-order chi connectivity index (χ1) is 17.4.